The SMILES string of the molecule is CC(C)O/N=C(/C(=O)NC1C(=O)N2C(C(=O)O)=CCS[C@H]12)c1csc(N)n1. The molecule has 3 rings (SSSR count). The number of carboxylic acids is 1. The second-order valence-electron chi connectivity index (χ2n) is 5.94. The molecule has 1 unspecified atom stereocenters. The molecule has 0 bridgehead atoms. The van der Waals surface area contributed by atoms with Gasteiger partial charge in [0, 0.05) is 11.1 Å². The van der Waals surface area contributed by atoms with Crippen molar-refractivity contribution < 1.29 is 24.3 Å². The number of oxime groups is 1. The molecule has 0 spiro atoms. The largest absolute Gasteiger partial charge is 0.477 e. The average molecular weight is 411 g/mol. The monoisotopic (exact) mass is 411 g/mol. The number of β-lactam (4-membered cyclic amide) rings is 1. The van der Waals surface area contributed by atoms with Gasteiger partial charge in [-0.05, 0) is 19.9 Å². The van der Waals surface area contributed by atoms with E-state index in [4.69, 9.17) is 10.6 Å². The first-order valence-corrected chi connectivity index (χ1v) is 9.86. The summed E-state index contributed by atoms with van der Waals surface area (Å²) in [6.07, 6.45) is 1.21. The van der Waals surface area contributed by atoms with Crippen LogP contribution in [0.3, 0.4) is 0 Å². The first kappa shape index (κ1) is 19.2. The maximum atomic E-state index is 12.7. The topological polar surface area (TPSA) is 147 Å². The van der Waals surface area contributed by atoms with Crippen LogP contribution in [0.1, 0.15) is 19.5 Å². The molecule has 0 aliphatic carbocycles. The molecule has 2 atom stereocenters. The zero-order valence-corrected chi connectivity index (χ0v) is 16.0. The van der Waals surface area contributed by atoms with Crippen molar-refractivity contribution >= 4 is 51.7 Å². The van der Waals surface area contributed by atoms with Crippen LogP contribution in [0.4, 0.5) is 5.13 Å². The van der Waals surface area contributed by atoms with Gasteiger partial charge in [-0.3, -0.25) is 14.5 Å². The molecule has 2 aliphatic rings. The fraction of sp³-hybridized carbons (Fsp3) is 0.400. The van der Waals surface area contributed by atoms with Gasteiger partial charge in [-0.15, -0.1) is 23.1 Å². The molecule has 0 radical (unpaired) electrons. The Balaban J connectivity index is 1.77. The Morgan fingerprint density at radius 2 is 2.26 bits per heavy atom. The van der Waals surface area contributed by atoms with Crippen molar-refractivity contribution in [2.75, 3.05) is 11.5 Å². The number of nitrogens with one attached hydrogen (secondary N) is 1. The third kappa shape index (κ3) is 3.76. The van der Waals surface area contributed by atoms with Gasteiger partial charge >= 0.3 is 5.97 Å². The summed E-state index contributed by atoms with van der Waals surface area (Å²) in [4.78, 5) is 46.7. The molecule has 3 heterocycles. The highest BCUT2D eigenvalue weighted by Crippen LogP contribution is 2.37. The number of rotatable bonds is 6. The maximum absolute atomic E-state index is 12.7. The number of anilines is 1. The number of aromatic nitrogens is 1. The number of hydrogen-bond donors (Lipinski definition) is 3. The average Bonchev–Trinajstić information content (AvgIpc) is 3.04. The van der Waals surface area contributed by atoms with Gasteiger partial charge in [0.15, 0.2) is 10.8 Å². The molecule has 1 aromatic heterocycles. The number of nitrogen functional groups attached to an aromatic ring is 1. The van der Waals surface area contributed by atoms with E-state index in [1.54, 1.807) is 19.2 Å². The van der Waals surface area contributed by atoms with Gasteiger partial charge in [0.25, 0.3) is 11.8 Å². The Morgan fingerprint density at radius 1 is 1.52 bits per heavy atom. The number of carbonyl (C=O) groups is 3. The van der Waals surface area contributed by atoms with Crippen molar-refractivity contribution in [1.29, 1.82) is 0 Å². The van der Waals surface area contributed by atoms with Crippen molar-refractivity contribution in [1.82, 2.24) is 15.2 Å². The van der Waals surface area contributed by atoms with E-state index in [-0.39, 0.29) is 28.3 Å². The summed E-state index contributed by atoms with van der Waals surface area (Å²) in [7, 11) is 0. The van der Waals surface area contributed by atoms with Crippen molar-refractivity contribution in [2.24, 2.45) is 5.16 Å². The summed E-state index contributed by atoms with van der Waals surface area (Å²) in [6.45, 7) is 3.50. The Labute approximate surface area is 162 Å². The van der Waals surface area contributed by atoms with Crippen LogP contribution >= 0.6 is 23.1 Å². The normalized spacial score (nSPS) is 22.0. The summed E-state index contributed by atoms with van der Waals surface area (Å²) < 4.78 is 0. The van der Waals surface area contributed by atoms with Crippen molar-refractivity contribution in [2.45, 2.75) is 31.4 Å². The fourth-order valence-corrected chi connectivity index (χ4v) is 4.25. The number of thioether (sulfide) groups is 1. The molecule has 1 saturated heterocycles. The van der Waals surface area contributed by atoms with Crippen LogP contribution in [0.5, 0.6) is 0 Å². The van der Waals surface area contributed by atoms with E-state index >= 15 is 0 Å². The highest BCUT2D eigenvalue weighted by atomic mass is 32.2. The smallest absolute Gasteiger partial charge is 0.352 e. The first-order chi connectivity index (χ1) is 12.8. The Kier molecular flexibility index (Phi) is 5.37. The Morgan fingerprint density at radius 3 is 2.85 bits per heavy atom. The second kappa shape index (κ2) is 7.56. The molecule has 4 N–H and O–H groups in total. The van der Waals surface area contributed by atoms with Crippen LogP contribution in [-0.4, -0.2) is 61.8 Å². The number of nitrogens with two attached hydrogens (primary N) is 1. The Bertz CT molecular complexity index is 849. The van der Waals surface area contributed by atoms with Crippen LogP contribution in [0, 0.1) is 0 Å². The van der Waals surface area contributed by atoms with E-state index in [0.717, 1.165) is 11.3 Å². The van der Waals surface area contributed by atoms with E-state index in [1.807, 2.05) is 0 Å². The predicted octanol–water partition coefficient (Wildman–Crippen LogP) is 0.223. The van der Waals surface area contributed by atoms with Crippen LogP contribution in [0.25, 0.3) is 0 Å². The van der Waals surface area contributed by atoms with Gasteiger partial charge in [-0.25, -0.2) is 9.78 Å². The summed E-state index contributed by atoms with van der Waals surface area (Å²) >= 11 is 2.51. The summed E-state index contributed by atoms with van der Waals surface area (Å²) in [5, 5.41) is 17.0. The zero-order chi connectivity index (χ0) is 19.7. The highest BCUT2D eigenvalue weighted by Gasteiger charge is 2.53. The molecular formula is C15H17N5O5S2. The lowest BCUT2D eigenvalue weighted by Gasteiger charge is -2.48. The van der Waals surface area contributed by atoms with Gasteiger partial charge in [-0.1, -0.05) is 5.16 Å². The van der Waals surface area contributed by atoms with E-state index < -0.39 is 29.2 Å². The van der Waals surface area contributed by atoms with Crippen molar-refractivity contribution in [3.8, 4) is 0 Å². The van der Waals surface area contributed by atoms with E-state index in [2.05, 4.69) is 15.5 Å². The van der Waals surface area contributed by atoms with E-state index in [1.165, 1.54) is 22.7 Å². The zero-order valence-electron chi connectivity index (χ0n) is 14.4. The molecule has 27 heavy (non-hydrogen) atoms. The number of aliphatic carboxylic acids is 1. The van der Waals surface area contributed by atoms with Crippen LogP contribution in [0.2, 0.25) is 0 Å². The minimum atomic E-state index is -1.18. The molecule has 144 valence electrons. The summed E-state index contributed by atoms with van der Waals surface area (Å²) in [5.74, 6) is -1.88. The molecular weight excluding hydrogens is 394 g/mol. The molecule has 1 aromatic rings. The van der Waals surface area contributed by atoms with Gasteiger partial charge < -0.3 is 21.0 Å². The molecule has 10 nitrogen and oxygen atoms in total. The predicted molar refractivity (Wildman–Crippen MR) is 100 cm³/mol. The van der Waals surface area contributed by atoms with Gasteiger partial charge in [-0.2, -0.15) is 0 Å². The van der Waals surface area contributed by atoms with E-state index in [9.17, 15) is 19.5 Å². The lowest BCUT2D eigenvalue weighted by Crippen LogP contribution is -2.70. The number of amides is 2. The second-order valence-corrected chi connectivity index (χ2v) is 7.98. The van der Waals surface area contributed by atoms with Crippen LogP contribution < -0.4 is 11.1 Å². The number of carbonyl (C=O) groups excluding carboxylic acids is 2. The molecule has 0 saturated carbocycles. The quantitative estimate of drug-likeness (QED) is 0.342. The Hall–Kier alpha value is -2.60. The first-order valence-electron chi connectivity index (χ1n) is 7.93. The maximum Gasteiger partial charge on any atom is 0.352 e. The van der Waals surface area contributed by atoms with Gasteiger partial charge in [0.2, 0.25) is 0 Å². The third-order valence-electron chi connectivity index (χ3n) is 3.69. The number of fused-ring (bicyclic) bond motifs is 1. The number of carboxylic acid groups (broad SMARTS) is 1. The van der Waals surface area contributed by atoms with E-state index in [0.29, 0.717) is 5.75 Å². The van der Waals surface area contributed by atoms with Crippen molar-refractivity contribution in [3.05, 3.63) is 22.8 Å². The van der Waals surface area contributed by atoms with Crippen molar-refractivity contribution in [3.63, 3.8) is 0 Å². The minimum Gasteiger partial charge on any atom is -0.477 e. The summed E-state index contributed by atoms with van der Waals surface area (Å²) in [6, 6.07) is -0.856. The third-order valence-corrected chi connectivity index (χ3v) is 5.54. The minimum absolute atomic E-state index is 0.0708. The molecule has 0 aromatic carbocycles. The molecule has 2 amide bonds. The highest BCUT2D eigenvalue weighted by molar-refractivity contribution is 8.00. The number of nitrogens with zero attached hydrogens (tertiary/aromatic N) is 3. The van der Waals surface area contributed by atoms with Crippen LogP contribution in [0.15, 0.2) is 22.3 Å². The number of thiazole rings is 1. The lowest BCUT2D eigenvalue weighted by atomic mass is 10.0. The molecule has 2 aliphatic heterocycles. The lowest BCUT2D eigenvalue weighted by molar-refractivity contribution is -0.150. The molecule has 12 heteroatoms. The molecule has 1 fully saturated rings. The van der Waals surface area contributed by atoms with Gasteiger partial charge in [0.1, 0.15) is 28.9 Å². The fourth-order valence-electron chi connectivity index (χ4n) is 2.51. The van der Waals surface area contributed by atoms with Gasteiger partial charge in [0.05, 0.1) is 0 Å². The van der Waals surface area contributed by atoms with Crippen LogP contribution in [-0.2, 0) is 19.2 Å². The number of hydrogen-bond acceptors (Lipinski definition) is 9. The standard InChI is InChI=1S/C15H17N5O5S2/c1-6(2)25-19-9(7-5-27-15(16)17-7)11(21)18-10-12(22)20-8(14(23)24)3-4-26-13(10)20/h3,5-6,10,13H,4H2,1-2H3,(H2,16,17)(H,18,21)(H,23,24)/b19-9+/t10?,13-/m1/s1. The summed E-state index contributed by atoms with van der Waals surface area (Å²) in [5.41, 5.74) is 5.69.